The van der Waals surface area contributed by atoms with Crippen LogP contribution in [0.5, 0.6) is 0 Å². The summed E-state index contributed by atoms with van der Waals surface area (Å²) in [6.07, 6.45) is 4.23. The number of benzene rings is 1. The van der Waals surface area contributed by atoms with E-state index in [1.54, 1.807) is 31.6 Å². The first-order chi connectivity index (χ1) is 11.7. The number of rotatable bonds is 9. The highest BCUT2D eigenvalue weighted by atomic mass is 32.2. The molecule has 2 aromatic rings. The molecule has 0 saturated carbocycles. The number of hydrogen-bond donors (Lipinski definition) is 0. The van der Waals surface area contributed by atoms with E-state index in [0.717, 1.165) is 16.9 Å². The molecule has 1 amide bonds. The van der Waals surface area contributed by atoms with Gasteiger partial charge in [0.05, 0.1) is 5.75 Å². The van der Waals surface area contributed by atoms with Crippen molar-refractivity contribution < 1.29 is 13.9 Å². The van der Waals surface area contributed by atoms with E-state index in [0.29, 0.717) is 25.4 Å². The van der Waals surface area contributed by atoms with Crippen LogP contribution in [0.4, 0.5) is 4.39 Å². The van der Waals surface area contributed by atoms with Gasteiger partial charge in [0.1, 0.15) is 5.82 Å². The SMILES string of the molecule is COCCCN(Cc1ccncc1)C(=O)CSc1ccc(F)cc1. The van der Waals surface area contributed by atoms with Crippen molar-refractivity contribution in [2.75, 3.05) is 26.0 Å². The molecule has 0 aliphatic carbocycles. The molecule has 0 bridgehead atoms. The van der Waals surface area contributed by atoms with E-state index in [1.807, 2.05) is 17.0 Å². The van der Waals surface area contributed by atoms with Gasteiger partial charge in [-0.15, -0.1) is 11.8 Å². The van der Waals surface area contributed by atoms with Gasteiger partial charge in [0, 0.05) is 44.1 Å². The lowest BCUT2D eigenvalue weighted by atomic mass is 10.2. The number of hydrogen-bond acceptors (Lipinski definition) is 4. The van der Waals surface area contributed by atoms with Crippen molar-refractivity contribution in [3.05, 3.63) is 60.2 Å². The molecule has 0 aliphatic rings. The second kappa shape index (κ2) is 10.1. The summed E-state index contributed by atoms with van der Waals surface area (Å²) < 4.78 is 18.0. The molecule has 0 aliphatic heterocycles. The Labute approximate surface area is 146 Å². The Morgan fingerprint density at radius 1 is 1.21 bits per heavy atom. The maximum atomic E-state index is 12.9. The lowest BCUT2D eigenvalue weighted by molar-refractivity contribution is -0.129. The van der Waals surface area contributed by atoms with Crippen LogP contribution in [0.25, 0.3) is 0 Å². The lowest BCUT2D eigenvalue weighted by Crippen LogP contribution is -2.33. The van der Waals surface area contributed by atoms with Gasteiger partial charge < -0.3 is 9.64 Å². The van der Waals surface area contributed by atoms with Gasteiger partial charge in [-0.1, -0.05) is 0 Å². The van der Waals surface area contributed by atoms with Gasteiger partial charge in [-0.3, -0.25) is 9.78 Å². The molecule has 4 nitrogen and oxygen atoms in total. The molecule has 1 heterocycles. The van der Waals surface area contributed by atoms with Crippen LogP contribution >= 0.6 is 11.8 Å². The van der Waals surface area contributed by atoms with Crippen molar-refractivity contribution in [1.82, 2.24) is 9.88 Å². The summed E-state index contributed by atoms with van der Waals surface area (Å²) in [5.41, 5.74) is 1.04. The third-order valence-electron chi connectivity index (χ3n) is 3.43. The second-order valence-corrected chi connectivity index (χ2v) is 6.31. The van der Waals surface area contributed by atoms with Crippen molar-refractivity contribution in [2.45, 2.75) is 17.9 Å². The number of pyridine rings is 1. The minimum Gasteiger partial charge on any atom is -0.385 e. The number of ether oxygens (including phenoxy) is 1. The summed E-state index contributed by atoms with van der Waals surface area (Å²) >= 11 is 1.41. The summed E-state index contributed by atoms with van der Waals surface area (Å²) in [6.45, 7) is 1.80. The minimum atomic E-state index is -0.274. The smallest absolute Gasteiger partial charge is 0.233 e. The number of methoxy groups -OCH3 is 1. The molecule has 0 radical (unpaired) electrons. The summed E-state index contributed by atoms with van der Waals surface area (Å²) in [5.74, 6) is 0.103. The van der Waals surface area contributed by atoms with Crippen molar-refractivity contribution in [3.63, 3.8) is 0 Å². The molecule has 1 aromatic heterocycles. The number of thioether (sulfide) groups is 1. The fourth-order valence-electron chi connectivity index (χ4n) is 2.17. The minimum absolute atomic E-state index is 0.0530. The molecule has 0 atom stereocenters. The molecule has 0 saturated heterocycles. The Hall–Kier alpha value is -1.92. The Bertz CT molecular complexity index is 623. The monoisotopic (exact) mass is 348 g/mol. The molecule has 128 valence electrons. The summed E-state index contributed by atoms with van der Waals surface area (Å²) in [6, 6.07) is 9.99. The van der Waals surface area contributed by atoms with Crippen LogP contribution < -0.4 is 0 Å². The Morgan fingerprint density at radius 2 is 1.92 bits per heavy atom. The largest absolute Gasteiger partial charge is 0.385 e. The fourth-order valence-corrected chi connectivity index (χ4v) is 2.97. The number of amides is 1. The average molecular weight is 348 g/mol. The second-order valence-electron chi connectivity index (χ2n) is 5.26. The first-order valence-electron chi connectivity index (χ1n) is 7.73. The van der Waals surface area contributed by atoms with Crippen molar-refractivity contribution >= 4 is 17.7 Å². The maximum Gasteiger partial charge on any atom is 0.233 e. The van der Waals surface area contributed by atoms with E-state index in [-0.39, 0.29) is 11.7 Å². The predicted molar refractivity (Wildman–Crippen MR) is 93.3 cm³/mol. The quantitative estimate of drug-likeness (QED) is 0.515. The van der Waals surface area contributed by atoms with E-state index in [2.05, 4.69) is 4.98 Å². The van der Waals surface area contributed by atoms with Gasteiger partial charge in [-0.25, -0.2) is 4.39 Å². The molecule has 2 rings (SSSR count). The Morgan fingerprint density at radius 3 is 2.58 bits per heavy atom. The molecule has 1 aromatic carbocycles. The molecule has 0 spiro atoms. The van der Waals surface area contributed by atoms with Crippen molar-refractivity contribution in [3.8, 4) is 0 Å². The van der Waals surface area contributed by atoms with Crippen LogP contribution in [0.1, 0.15) is 12.0 Å². The molecular formula is C18H21FN2O2S. The number of carbonyl (C=O) groups is 1. The zero-order chi connectivity index (χ0) is 17.2. The highest BCUT2D eigenvalue weighted by Gasteiger charge is 2.14. The summed E-state index contributed by atoms with van der Waals surface area (Å²) in [7, 11) is 1.65. The maximum absolute atomic E-state index is 12.9. The van der Waals surface area contributed by atoms with Crippen LogP contribution in [0.3, 0.4) is 0 Å². The van der Waals surface area contributed by atoms with Gasteiger partial charge in [-0.05, 0) is 48.4 Å². The third-order valence-corrected chi connectivity index (χ3v) is 4.42. The number of aromatic nitrogens is 1. The zero-order valence-electron chi connectivity index (χ0n) is 13.7. The number of halogens is 1. The van der Waals surface area contributed by atoms with Crippen LogP contribution in [-0.4, -0.2) is 41.8 Å². The highest BCUT2D eigenvalue weighted by molar-refractivity contribution is 8.00. The Balaban J connectivity index is 1.93. The van der Waals surface area contributed by atoms with Crippen LogP contribution in [0.15, 0.2) is 53.7 Å². The molecule has 0 fully saturated rings. The number of nitrogens with zero attached hydrogens (tertiary/aromatic N) is 2. The average Bonchev–Trinajstić information content (AvgIpc) is 2.61. The van der Waals surface area contributed by atoms with Crippen molar-refractivity contribution in [2.24, 2.45) is 0 Å². The molecule has 0 N–H and O–H groups in total. The lowest BCUT2D eigenvalue weighted by Gasteiger charge is -2.22. The van der Waals surface area contributed by atoms with Crippen LogP contribution in [0, 0.1) is 5.82 Å². The molecule has 0 unspecified atom stereocenters. The van der Waals surface area contributed by atoms with E-state index in [1.165, 1.54) is 23.9 Å². The highest BCUT2D eigenvalue weighted by Crippen LogP contribution is 2.19. The van der Waals surface area contributed by atoms with Crippen LogP contribution in [0.2, 0.25) is 0 Å². The summed E-state index contributed by atoms with van der Waals surface area (Å²) in [4.78, 5) is 19.3. The van der Waals surface area contributed by atoms with Gasteiger partial charge >= 0.3 is 0 Å². The molecule has 6 heteroatoms. The van der Waals surface area contributed by atoms with E-state index >= 15 is 0 Å². The number of carbonyl (C=O) groups excluding carboxylic acids is 1. The zero-order valence-corrected chi connectivity index (χ0v) is 14.5. The predicted octanol–water partition coefficient (Wildman–Crippen LogP) is 3.38. The van der Waals surface area contributed by atoms with Gasteiger partial charge in [0.15, 0.2) is 0 Å². The van der Waals surface area contributed by atoms with Crippen molar-refractivity contribution in [1.29, 1.82) is 0 Å². The van der Waals surface area contributed by atoms with Gasteiger partial charge in [-0.2, -0.15) is 0 Å². The van der Waals surface area contributed by atoms with Gasteiger partial charge in [0.25, 0.3) is 0 Å². The van der Waals surface area contributed by atoms with E-state index in [4.69, 9.17) is 4.74 Å². The van der Waals surface area contributed by atoms with E-state index in [9.17, 15) is 9.18 Å². The molecule has 24 heavy (non-hydrogen) atoms. The first-order valence-corrected chi connectivity index (χ1v) is 8.71. The van der Waals surface area contributed by atoms with Crippen LogP contribution in [-0.2, 0) is 16.1 Å². The third kappa shape index (κ3) is 6.29. The summed E-state index contributed by atoms with van der Waals surface area (Å²) in [5, 5.41) is 0. The molecular weight excluding hydrogens is 327 g/mol. The van der Waals surface area contributed by atoms with Gasteiger partial charge in [0.2, 0.25) is 5.91 Å². The van der Waals surface area contributed by atoms with E-state index < -0.39 is 0 Å². The topological polar surface area (TPSA) is 42.4 Å². The first kappa shape index (κ1) is 18.4. The normalized spacial score (nSPS) is 10.6. The fraction of sp³-hybridized carbons (Fsp3) is 0.333. The standard InChI is InChI=1S/C18H21FN2O2S/c1-23-12-2-11-21(13-15-7-9-20-10-8-15)18(22)14-24-17-5-3-16(19)4-6-17/h3-10H,2,11-14H2,1H3. The Kier molecular flexibility index (Phi) is 7.71.